The molecule has 0 aliphatic carbocycles. The molecule has 0 bridgehead atoms. The van der Waals surface area contributed by atoms with Crippen LogP contribution in [0.2, 0.25) is 0 Å². The van der Waals surface area contributed by atoms with E-state index in [1.165, 1.54) is 7.11 Å². The van der Waals surface area contributed by atoms with Crippen LogP contribution in [0, 0.1) is 0 Å². The minimum Gasteiger partial charge on any atom is -0.469 e. The van der Waals surface area contributed by atoms with E-state index in [1.807, 2.05) is 0 Å². The van der Waals surface area contributed by atoms with E-state index in [9.17, 15) is 9.59 Å². The lowest BCUT2D eigenvalue weighted by Crippen LogP contribution is -2.27. The monoisotopic (exact) mass is 245 g/mol. The molecule has 0 aromatic heterocycles. The van der Waals surface area contributed by atoms with E-state index in [2.05, 4.69) is 16.1 Å². The van der Waals surface area contributed by atoms with Gasteiger partial charge in [-0.25, -0.2) is 4.79 Å². The third-order valence-electron chi connectivity index (χ3n) is 1.42. The van der Waals surface area contributed by atoms with Gasteiger partial charge in [0, 0.05) is 6.42 Å². The summed E-state index contributed by atoms with van der Waals surface area (Å²) in [6.07, 6.45) is 3.30. The summed E-state index contributed by atoms with van der Waals surface area (Å²) in [5.41, 5.74) is 4.26. The summed E-state index contributed by atoms with van der Waals surface area (Å²) in [5, 5.41) is 0. The molecule has 0 atom stereocenters. The molecular weight excluding hydrogens is 222 g/mol. The molecular formula is C12H23NO4. The zero-order chi connectivity index (χ0) is 13.9. The van der Waals surface area contributed by atoms with Crippen LogP contribution < -0.4 is 5.73 Å². The van der Waals surface area contributed by atoms with Gasteiger partial charge in [-0.1, -0.05) is 6.08 Å². The number of amides is 1. The van der Waals surface area contributed by atoms with E-state index in [4.69, 9.17) is 5.73 Å². The van der Waals surface area contributed by atoms with Gasteiger partial charge in [0.2, 0.25) is 0 Å². The molecule has 0 aromatic carbocycles. The standard InChI is InChI=1S/C7H12O2.C5H11NO2/c1-3-4-5-6-7(8)9-2;1-5(2,3)8-4(6)7/h3H,1,4-6H2,2H3;1-3H3,(H2,6,7). The van der Waals surface area contributed by atoms with Crippen molar-refractivity contribution in [2.24, 2.45) is 5.73 Å². The van der Waals surface area contributed by atoms with Crippen LogP contribution in [-0.2, 0) is 14.3 Å². The van der Waals surface area contributed by atoms with Gasteiger partial charge in [0.05, 0.1) is 7.11 Å². The number of rotatable bonds is 4. The van der Waals surface area contributed by atoms with Crippen molar-refractivity contribution in [2.45, 2.75) is 45.6 Å². The molecule has 0 saturated heterocycles. The highest BCUT2D eigenvalue weighted by Crippen LogP contribution is 2.04. The van der Waals surface area contributed by atoms with Crippen molar-refractivity contribution in [3.8, 4) is 0 Å². The topological polar surface area (TPSA) is 78.6 Å². The molecule has 5 heteroatoms. The number of nitrogens with two attached hydrogens (primary N) is 1. The van der Waals surface area contributed by atoms with Crippen molar-refractivity contribution in [2.75, 3.05) is 7.11 Å². The molecule has 1 amide bonds. The number of esters is 1. The molecule has 0 saturated carbocycles. The highest BCUT2D eigenvalue weighted by atomic mass is 16.6. The number of unbranched alkanes of at least 4 members (excludes halogenated alkanes) is 1. The van der Waals surface area contributed by atoms with Crippen LogP contribution in [-0.4, -0.2) is 24.8 Å². The molecule has 0 radical (unpaired) electrons. The van der Waals surface area contributed by atoms with Crippen LogP contribution in [0.15, 0.2) is 12.7 Å². The third kappa shape index (κ3) is 20.5. The SMILES string of the molecule is C=CCCCC(=O)OC.CC(C)(C)OC(N)=O. The first-order valence-electron chi connectivity index (χ1n) is 5.39. The number of ether oxygens (including phenoxy) is 2. The van der Waals surface area contributed by atoms with Gasteiger partial charge in [-0.2, -0.15) is 0 Å². The summed E-state index contributed by atoms with van der Waals surface area (Å²) in [6, 6.07) is 0. The van der Waals surface area contributed by atoms with Crippen molar-refractivity contribution in [1.82, 2.24) is 0 Å². The van der Waals surface area contributed by atoms with Crippen LogP contribution >= 0.6 is 0 Å². The molecule has 100 valence electrons. The predicted molar refractivity (Wildman–Crippen MR) is 66.5 cm³/mol. The van der Waals surface area contributed by atoms with Crippen molar-refractivity contribution in [3.05, 3.63) is 12.7 Å². The Morgan fingerprint density at radius 1 is 1.35 bits per heavy atom. The zero-order valence-electron chi connectivity index (χ0n) is 11.1. The summed E-state index contributed by atoms with van der Waals surface area (Å²) in [7, 11) is 1.40. The van der Waals surface area contributed by atoms with E-state index in [0.717, 1.165) is 12.8 Å². The Labute approximate surface area is 103 Å². The van der Waals surface area contributed by atoms with Crippen LogP contribution in [0.1, 0.15) is 40.0 Å². The second-order valence-corrected chi connectivity index (χ2v) is 4.29. The maximum Gasteiger partial charge on any atom is 0.405 e. The Morgan fingerprint density at radius 3 is 2.12 bits per heavy atom. The molecule has 0 heterocycles. The minimum atomic E-state index is -0.725. The fourth-order valence-corrected chi connectivity index (χ4v) is 0.795. The van der Waals surface area contributed by atoms with E-state index < -0.39 is 11.7 Å². The van der Waals surface area contributed by atoms with Gasteiger partial charge in [-0.3, -0.25) is 4.79 Å². The number of hydrogen-bond donors (Lipinski definition) is 1. The highest BCUT2D eigenvalue weighted by molar-refractivity contribution is 5.69. The number of primary amides is 1. The summed E-state index contributed by atoms with van der Waals surface area (Å²) < 4.78 is 9.00. The van der Waals surface area contributed by atoms with Gasteiger partial charge in [0.15, 0.2) is 0 Å². The van der Waals surface area contributed by atoms with Crippen LogP contribution in [0.5, 0.6) is 0 Å². The van der Waals surface area contributed by atoms with E-state index in [0.29, 0.717) is 6.42 Å². The Kier molecular flexibility index (Phi) is 10.2. The first-order valence-corrected chi connectivity index (χ1v) is 5.39. The van der Waals surface area contributed by atoms with E-state index >= 15 is 0 Å². The van der Waals surface area contributed by atoms with Gasteiger partial charge in [0.25, 0.3) is 0 Å². The first-order chi connectivity index (χ1) is 7.72. The van der Waals surface area contributed by atoms with Crippen molar-refractivity contribution in [1.29, 1.82) is 0 Å². The largest absolute Gasteiger partial charge is 0.469 e. The smallest absolute Gasteiger partial charge is 0.405 e. The predicted octanol–water partition coefficient (Wildman–Crippen LogP) is 2.40. The highest BCUT2D eigenvalue weighted by Gasteiger charge is 2.12. The van der Waals surface area contributed by atoms with Gasteiger partial charge in [-0.05, 0) is 33.6 Å². The Hall–Kier alpha value is -1.52. The summed E-state index contributed by atoms with van der Waals surface area (Å²) >= 11 is 0. The lowest BCUT2D eigenvalue weighted by molar-refractivity contribution is -0.140. The van der Waals surface area contributed by atoms with Gasteiger partial charge >= 0.3 is 12.1 Å². The zero-order valence-corrected chi connectivity index (χ0v) is 11.1. The molecule has 17 heavy (non-hydrogen) atoms. The fourth-order valence-electron chi connectivity index (χ4n) is 0.795. The number of carbonyl (C=O) groups is 2. The summed E-state index contributed by atoms with van der Waals surface area (Å²) in [5.74, 6) is -0.142. The van der Waals surface area contributed by atoms with Crippen molar-refractivity contribution in [3.63, 3.8) is 0 Å². The van der Waals surface area contributed by atoms with Crippen LogP contribution in [0.4, 0.5) is 4.79 Å². The molecule has 2 N–H and O–H groups in total. The van der Waals surface area contributed by atoms with Gasteiger partial charge < -0.3 is 15.2 Å². The van der Waals surface area contributed by atoms with Crippen molar-refractivity contribution >= 4 is 12.1 Å². The van der Waals surface area contributed by atoms with Gasteiger partial charge in [0.1, 0.15) is 5.60 Å². The average molecular weight is 245 g/mol. The van der Waals surface area contributed by atoms with E-state index in [1.54, 1.807) is 26.8 Å². The summed E-state index contributed by atoms with van der Waals surface area (Å²) in [4.78, 5) is 20.4. The molecule has 0 aliphatic heterocycles. The number of allylic oxidation sites excluding steroid dienone is 1. The number of methoxy groups -OCH3 is 1. The second-order valence-electron chi connectivity index (χ2n) is 4.29. The third-order valence-corrected chi connectivity index (χ3v) is 1.42. The molecule has 0 spiro atoms. The number of hydrogen-bond acceptors (Lipinski definition) is 4. The maximum absolute atomic E-state index is 10.4. The van der Waals surface area contributed by atoms with Gasteiger partial charge in [-0.15, -0.1) is 6.58 Å². The first kappa shape index (κ1) is 17.9. The molecule has 5 nitrogen and oxygen atoms in total. The molecule has 0 unspecified atom stereocenters. The quantitative estimate of drug-likeness (QED) is 0.468. The van der Waals surface area contributed by atoms with Crippen molar-refractivity contribution < 1.29 is 19.1 Å². The minimum absolute atomic E-state index is 0.142. The Morgan fingerprint density at radius 2 is 1.88 bits per heavy atom. The Balaban J connectivity index is 0. The number of carbonyl (C=O) groups excluding carboxylic acids is 2. The summed E-state index contributed by atoms with van der Waals surface area (Å²) in [6.45, 7) is 8.82. The molecule has 0 aromatic rings. The molecule has 0 rings (SSSR count). The fraction of sp³-hybridized carbons (Fsp3) is 0.667. The maximum atomic E-state index is 10.4. The normalized spacial score (nSPS) is 9.65. The van der Waals surface area contributed by atoms with Crippen LogP contribution in [0.3, 0.4) is 0 Å². The molecule has 0 aliphatic rings. The second kappa shape index (κ2) is 9.69. The van der Waals surface area contributed by atoms with Crippen LogP contribution in [0.25, 0.3) is 0 Å². The molecule has 0 fully saturated rings. The Bertz CT molecular complexity index is 243. The lowest BCUT2D eigenvalue weighted by atomic mass is 10.2. The average Bonchev–Trinajstić information content (AvgIpc) is 2.15. The van der Waals surface area contributed by atoms with E-state index in [-0.39, 0.29) is 5.97 Å². The lowest BCUT2D eigenvalue weighted by Gasteiger charge is -2.16.